The fourth-order valence-corrected chi connectivity index (χ4v) is 2.77. The van der Waals surface area contributed by atoms with E-state index in [-0.39, 0.29) is 11.7 Å². The molecule has 0 radical (unpaired) electrons. The number of rotatable bonds is 7. The van der Waals surface area contributed by atoms with Gasteiger partial charge >= 0.3 is 5.97 Å². The molecule has 1 aromatic rings. The third-order valence-electron chi connectivity index (χ3n) is 2.56. The second kappa shape index (κ2) is 7.45. The smallest absolute Gasteiger partial charge is 0.334 e. The minimum absolute atomic E-state index is 0.213. The minimum Gasteiger partial charge on any atom is -0.508 e. The van der Waals surface area contributed by atoms with Gasteiger partial charge in [-0.05, 0) is 43.8 Å². The number of benzene rings is 1. The van der Waals surface area contributed by atoms with Gasteiger partial charge in [-0.1, -0.05) is 19.1 Å². The summed E-state index contributed by atoms with van der Waals surface area (Å²) in [6.07, 6.45) is 0.690. The second-order valence-corrected chi connectivity index (χ2v) is 10.2. The molecule has 0 saturated carbocycles. The molecule has 1 aromatic carbocycles. The Labute approximate surface area is 121 Å². The maximum Gasteiger partial charge on any atom is 0.334 e. The molecule has 1 N–H and O–H groups in total. The molecule has 0 aromatic heterocycles. The molecule has 0 fully saturated rings. The molecule has 0 aliphatic heterocycles. The quantitative estimate of drug-likeness (QED) is 0.620. The third kappa shape index (κ3) is 6.21. The number of carbonyl (C=O) groups excluding carboxylic acids is 1. The lowest BCUT2D eigenvalue weighted by Gasteiger charge is -2.25. The van der Waals surface area contributed by atoms with Crippen LogP contribution in [-0.4, -0.2) is 32.1 Å². The van der Waals surface area contributed by atoms with Crippen molar-refractivity contribution in [3.8, 4) is 5.75 Å². The van der Waals surface area contributed by atoms with Crippen LogP contribution in [0, 0.1) is 0 Å². The van der Waals surface area contributed by atoms with Crippen molar-refractivity contribution in [2.24, 2.45) is 0 Å². The number of phenolic OH excluding ortho intramolecular Hbond substituents is 1. The van der Waals surface area contributed by atoms with Crippen molar-refractivity contribution in [1.29, 1.82) is 0 Å². The molecule has 0 unspecified atom stereocenters. The van der Waals surface area contributed by atoms with Crippen molar-refractivity contribution in [2.45, 2.75) is 45.5 Å². The Balaban J connectivity index is 2.76. The van der Waals surface area contributed by atoms with Crippen LogP contribution in [0.5, 0.6) is 5.75 Å². The van der Waals surface area contributed by atoms with Crippen LogP contribution < -0.4 is 0 Å². The van der Waals surface area contributed by atoms with Crippen LogP contribution in [0.15, 0.2) is 24.3 Å². The summed E-state index contributed by atoms with van der Waals surface area (Å²) in [5, 5.41) is 9.29. The first-order valence-corrected chi connectivity index (χ1v) is 10.3. The Morgan fingerprint density at radius 3 is 2.35 bits per heavy atom. The SMILES string of the molecule is CCCOC(=O)[C@H](Cc1ccc(O)cc1)O[Si](C)(C)C. The number of aromatic hydroxyl groups is 1. The van der Waals surface area contributed by atoms with Crippen LogP contribution in [-0.2, 0) is 20.4 Å². The van der Waals surface area contributed by atoms with Crippen molar-refractivity contribution in [3.63, 3.8) is 0 Å². The number of esters is 1. The molecule has 0 heterocycles. The second-order valence-electron chi connectivity index (χ2n) is 5.76. The van der Waals surface area contributed by atoms with Crippen LogP contribution in [0.3, 0.4) is 0 Å². The molecular weight excluding hydrogens is 272 g/mol. The Kier molecular flexibility index (Phi) is 6.23. The van der Waals surface area contributed by atoms with E-state index in [2.05, 4.69) is 0 Å². The van der Waals surface area contributed by atoms with Crippen molar-refractivity contribution in [2.75, 3.05) is 6.61 Å². The molecule has 112 valence electrons. The van der Waals surface area contributed by atoms with Gasteiger partial charge in [0.25, 0.3) is 0 Å². The van der Waals surface area contributed by atoms with Gasteiger partial charge in [-0.15, -0.1) is 0 Å². The largest absolute Gasteiger partial charge is 0.508 e. The van der Waals surface area contributed by atoms with Gasteiger partial charge in [0.15, 0.2) is 8.32 Å². The van der Waals surface area contributed by atoms with Gasteiger partial charge in [-0.25, -0.2) is 4.79 Å². The molecule has 5 heteroatoms. The highest BCUT2D eigenvalue weighted by Gasteiger charge is 2.28. The maximum absolute atomic E-state index is 12.1. The van der Waals surface area contributed by atoms with Gasteiger partial charge in [0.2, 0.25) is 0 Å². The van der Waals surface area contributed by atoms with Crippen LogP contribution in [0.25, 0.3) is 0 Å². The molecule has 1 atom stereocenters. The van der Waals surface area contributed by atoms with Crippen LogP contribution in [0.1, 0.15) is 18.9 Å². The molecule has 0 amide bonds. The maximum atomic E-state index is 12.1. The first-order valence-electron chi connectivity index (χ1n) is 6.94. The Morgan fingerprint density at radius 1 is 1.25 bits per heavy atom. The molecule has 1 rings (SSSR count). The molecule has 0 aliphatic rings. The topological polar surface area (TPSA) is 55.8 Å². The number of ether oxygens (including phenoxy) is 1. The van der Waals surface area contributed by atoms with Crippen LogP contribution in [0.2, 0.25) is 19.6 Å². The van der Waals surface area contributed by atoms with E-state index in [1.807, 2.05) is 26.6 Å². The van der Waals surface area contributed by atoms with Crippen molar-refractivity contribution in [3.05, 3.63) is 29.8 Å². The Morgan fingerprint density at radius 2 is 1.85 bits per heavy atom. The van der Waals surface area contributed by atoms with Gasteiger partial charge in [0.1, 0.15) is 11.9 Å². The summed E-state index contributed by atoms with van der Waals surface area (Å²) < 4.78 is 11.1. The molecule has 20 heavy (non-hydrogen) atoms. The molecule has 0 spiro atoms. The third-order valence-corrected chi connectivity index (χ3v) is 3.56. The summed E-state index contributed by atoms with van der Waals surface area (Å²) in [6.45, 7) is 8.51. The van der Waals surface area contributed by atoms with Crippen LogP contribution >= 0.6 is 0 Å². The minimum atomic E-state index is -1.84. The Bertz CT molecular complexity index is 422. The van der Waals surface area contributed by atoms with E-state index < -0.39 is 14.4 Å². The first kappa shape index (κ1) is 16.7. The summed E-state index contributed by atoms with van der Waals surface area (Å²) in [4.78, 5) is 12.1. The summed E-state index contributed by atoms with van der Waals surface area (Å²) in [5.74, 6) is -0.0904. The lowest BCUT2D eigenvalue weighted by Crippen LogP contribution is -2.39. The zero-order valence-electron chi connectivity index (χ0n) is 12.7. The fraction of sp³-hybridized carbons (Fsp3) is 0.533. The summed E-state index contributed by atoms with van der Waals surface area (Å²) in [7, 11) is -1.84. The molecule has 4 nitrogen and oxygen atoms in total. The highest BCUT2D eigenvalue weighted by atomic mass is 28.4. The summed E-state index contributed by atoms with van der Waals surface area (Å²) in [5.41, 5.74) is 0.944. The van der Waals surface area contributed by atoms with E-state index in [0.29, 0.717) is 13.0 Å². The number of hydrogen-bond donors (Lipinski definition) is 1. The standard InChI is InChI=1S/C15H24O4Si/c1-5-10-18-15(17)14(19-20(2,3)4)11-12-6-8-13(16)9-7-12/h6-9,14,16H,5,10-11H2,1-4H3/t14-/m0/s1. The zero-order chi connectivity index (χ0) is 15.2. The summed E-state index contributed by atoms with van der Waals surface area (Å²) in [6, 6.07) is 6.81. The number of phenols is 1. The van der Waals surface area contributed by atoms with E-state index >= 15 is 0 Å². The average Bonchev–Trinajstić information content (AvgIpc) is 2.36. The molecular formula is C15H24O4Si. The van der Waals surface area contributed by atoms with Gasteiger partial charge in [0, 0.05) is 6.42 Å². The molecule has 0 saturated heterocycles. The monoisotopic (exact) mass is 296 g/mol. The van der Waals surface area contributed by atoms with Gasteiger partial charge in [0.05, 0.1) is 6.61 Å². The Hall–Kier alpha value is -1.33. The lowest BCUT2D eigenvalue weighted by molar-refractivity contribution is -0.152. The van der Waals surface area contributed by atoms with E-state index in [4.69, 9.17) is 9.16 Å². The first-order chi connectivity index (χ1) is 9.31. The number of hydrogen-bond acceptors (Lipinski definition) is 4. The molecule has 0 bridgehead atoms. The lowest BCUT2D eigenvalue weighted by atomic mass is 10.1. The fourth-order valence-electron chi connectivity index (χ4n) is 1.74. The number of carbonyl (C=O) groups is 1. The normalized spacial score (nSPS) is 13.0. The highest BCUT2D eigenvalue weighted by Crippen LogP contribution is 2.16. The van der Waals surface area contributed by atoms with Crippen LogP contribution in [0.4, 0.5) is 0 Å². The average molecular weight is 296 g/mol. The highest BCUT2D eigenvalue weighted by molar-refractivity contribution is 6.69. The van der Waals surface area contributed by atoms with Gasteiger partial charge in [-0.2, -0.15) is 0 Å². The van der Waals surface area contributed by atoms with E-state index in [1.165, 1.54) is 0 Å². The van der Waals surface area contributed by atoms with Gasteiger partial charge in [-0.3, -0.25) is 0 Å². The van der Waals surface area contributed by atoms with Gasteiger partial charge < -0.3 is 14.3 Å². The predicted octanol–water partition coefficient (Wildman–Crippen LogP) is 3.11. The van der Waals surface area contributed by atoms with E-state index in [1.54, 1.807) is 24.3 Å². The van der Waals surface area contributed by atoms with E-state index in [9.17, 15) is 9.90 Å². The zero-order valence-corrected chi connectivity index (χ0v) is 13.7. The van der Waals surface area contributed by atoms with E-state index in [0.717, 1.165) is 12.0 Å². The van der Waals surface area contributed by atoms with Crippen molar-refractivity contribution < 1.29 is 19.1 Å². The van der Waals surface area contributed by atoms with Crippen molar-refractivity contribution >= 4 is 14.3 Å². The summed E-state index contributed by atoms with van der Waals surface area (Å²) >= 11 is 0. The predicted molar refractivity (Wildman–Crippen MR) is 81.3 cm³/mol. The van der Waals surface area contributed by atoms with Crippen molar-refractivity contribution in [1.82, 2.24) is 0 Å². The molecule has 0 aliphatic carbocycles.